The predicted octanol–water partition coefficient (Wildman–Crippen LogP) is 5.03. The number of urea groups is 1. The van der Waals surface area contributed by atoms with Crippen molar-refractivity contribution in [2.24, 2.45) is 0 Å². The molecule has 3 aliphatic rings. The second kappa shape index (κ2) is 11.0. The van der Waals surface area contributed by atoms with Crippen molar-refractivity contribution in [1.29, 1.82) is 0 Å². The Kier molecular flexibility index (Phi) is 7.83. The average Bonchev–Trinajstić information content (AvgIpc) is 3.26. The van der Waals surface area contributed by atoms with Crippen LogP contribution in [0.4, 0.5) is 19.7 Å². The molecule has 40 heavy (non-hydrogen) atoms. The first-order valence-electron chi connectivity index (χ1n) is 14.6. The highest BCUT2D eigenvalue weighted by Gasteiger charge is 2.39. The van der Waals surface area contributed by atoms with E-state index in [1.54, 1.807) is 9.80 Å². The maximum Gasteiger partial charge on any atom is 0.410 e. The number of ether oxygens (including phenoxy) is 1. The van der Waals surface area contributed by atoms with E-state index < -0.39 is 11.3 Å². The highest BCUT2D eigenvalue weighted by molar-refractivity contribution is 6.06. The first-order chi connectivity index (χ1) is 18.9. The summed E-state index contributed by atoms with van der Waals surface area (Å²) in [6, 6.07) is 6.05. The molecule has 1 N–H and O–H groups in total. The average molecular weight is 556 g/mol. The number of imide groups is 1. The van der Waals surface area contributed by atoms with Crippen LogP contribution in [0.3, 0.4) is 0 Å². The normalized spacial score (nSPS) is 21.1. The van der Waals surface area contributed by atoms with Gasteiger partial charge in [0.25, 0.3) is 0 Å². The molecule has 0 spiro atoms. The largest absolute Gasteiger partial charge is 0.444 e. The second-order valence-electron chi connectivity index (χ2n) is 12.5. The molecular weight excluding hydrogens is 513 g/mol. The number of carbonyl (C=O) groups is 3. The maximum absolute atomic E-state index is 15.8. The zero-order valence-electron chi connectivity index (χ0n) is 24.2. The van der Waals surface area contributed by atoms with Gasteiger partial charge in [0.15, 0.2) is 0 Å². The van der Waals surface area contributed by atoms with E-state index in [0.29, 0.717) is 51.5 Å². The Balaban J connectivity index is 1.20. The third-order valence-corrected chi connectivity index (χ3v) is 8.41. The second-order valence-corrected chi connectivity index (χ2v) is 12.5. The Labute approximate surface area is 235 Å². The van der Waals surface area contributed by atoms with Crippen LogP contribution in [-0.2, 0) is 16.0 Å². The summed E-state index contributed by atoms with van der Waals surface area (Å²) in [5, 5.41) is 3.53. The molecule has 10 heteroatoms. The molecule has 4 amide bonds. The minimum atomic E-state index is -1.29. The summed E-state index contributed by atoms with van der Waals surface area (Å²) in [4.78, 5) is 41.8. The first kappa shape index (κ1) is 28.4. The molecule has 0 radical (unpaired) electrons. The summed E-state index contributed by atoms with van der Waals surface area (Å²) in [5.41, 5.74) is 1.33. The fourth-order valence-corrected chi connectivity index (χ4v) is 6.21. The number of piperidine rings is 2. The van der Waals surface area contributed by atoms with Crippen molar-refractivity contribution in [3.63, 3.8) is 0 Å². The number of likely N-dealkylation sites (tertiary alicyclic amines) is 2. The van der Waals surface area contributed by atoms with Crippen molar-refractivity contribution >= 4 is 34.6 Å². The summed E-state index contributed by atoms with van der Waals surface area (Å²) in [6.07, 6.45) is 5.59. The number of rotatable bonds is 5. The lowest BCUT2D eigenvalue weighted by molar-refractivity contribution is -0.120. The van der Waals surface area contributed by atoms with Crippen LogP contribution in [-0.4, -0.2) is 82.9 Å². The molecule has 0 saturated carbocycles. The molecule has 0 unspecified atom stereocenters. The van der Waals surface area contributed by atoms with Gasteiger partial charge in [-0.25, -0.2) is 14.0 Å². The van der Waals surface area contributed by atoms with Crippen LogP contribution >= 0.6 is 0 Å². The van der Waals surface area contributed by atoms with Crippen LogP contribution < -0.4 is 10.2 Å². The minimum Gasteiger partial charge on any atom is -0.444 e. The molecule has 0 aliphatic carbocycles. The van der Waals surface area contributed by atoms with Gasteiger partial charge in [-0.15, -0.1) is 0 Å². The zero-order chi connectivity index (χ0) is 28.7. The van der Waals surface area contributed by atoms with Crippen molar-refractivity contribution < 1.29 is 23.5 Å². The van der Waals surface area contributed by atoms with E-state index in [0.717, 1.165) is 48.9 Å². The molecule has 3 saturated heterocycles. The summed E-state index contributed by atoms with van der Waals surface area (Å²) in [5.74, 6) is -0.237. The lowest BCUT2D eigenvalue weighted by Gasteiger charge is -2.41. The van der Waals surface area contributed by atoms with Gasteiger partial charge in [-0.3, -0.25) is 15.0 Å². The van der Waals surface area contributed by atoms with E-state index in [4.69, 9.17) is 4.74 Å². The molecule has 218 valence electrons. The summed E-state index contributed by atoms with van der Waals surface area (Å²) >= 11 is 0. The van der Waals surface area contributed by atoms with E-state index in [1.165, 1.54) is 5.56 Å². The van der Waals surface area contributed by atoms with Gasteiger partial charge < -0.3 is 19.1 Å². The standard InChI is InChI=1S/C30H42FN5O4/c1-5-21-19-36(25-7-6-23(18-24(21)25)35-15-10-26(37)32-27(35)38)22-8-13-33(14-9-22)20-30(31)11-16-34(17-12-30)28(39)40-29(2,3)4/h6-7,18-19,22H,5,8-17,20H2,1-4H3,(H,32,37,38). The Hall–Kier alpha value is -3.14. The van der Waals surface area contributed by atoms with Gasteiger partial charge in [0.2, 0.25) is 5.91 Å². The Morgan fingerprint density at radius 2 is 1.80 bits per heavy atom. The van der Waals surface area contributed by atoms with E-state index in [-0.39, 0.29) is 18.0 Å². The number of aryl methyl sites for hydroxylation is 1. The van der Waals surface area contributed by atoms with Gasteiger partial charge in [-0.2, -0.15) is 0 Å². The number of anilines is 1. The lowest BCUT2D eigenvalue weighted by atomic mass is 9.91. The topological polar surface area (TPSA) is 87.1 Å². The monoisotopic (exact) mass is 555 g/mol. The Morgan fingerprint density at radius 3 is 2.42 bits per heavy atom. The SMILES string of the molecule is CCc1cn(C2CCN(CC3(F)CCN(C(=O)OC(C)(C)C)CC3)CC2)c2ccc(N3CCC(=O)NC3=O)cc12. The minimum absolute atomic E-state index is 0.237. The number of fused-ring (bicyclic) bond motifs is 1. The molecule has 5 rings (SSSR count). The van der Waals surface area contributed by atoms with Crippen LogP contribution in [0, 0.1) is 0 Å². The van der Waals surface area contributed by atoms with Crippen molar-refractivity contribution in [2.45, 2.75) is 83.5 Å². The third-order valence-electron chi connectivity index (χ3n) is 8.41. The van der Waals surface area contributed by atoms with E-state index >= 15 is 4.39 Å². The third kappa shape index (κ3) is 6.11. The van der Waals surface area contributed by atoms with Crippen LogP contribution in [0.25, 0.3) is 10.9 Å². The van der Waals surface area contributed by atoms with Crippen molar-refractivity contribution in [1.82, 2.24) is 19.7 Å². The van der Waals surface area contributed by atoms with Crippen LogP contribution in [0.5, 0.6) is 0 Å². The number of carbonyl (C=O) groups excluding carboxylic acids is 3. The van der Waals surface area contributed by atoms with Crippen molar-refractivity contribution in [3.05, 3.63) is 30.0 Å². The molecule has 0 bridgehead atoms. The molecule has 3 fully saturated rings. The van der Waals surface area contributed by atoms with Gasteiger partial charge in [0.05, 0.1) is 0 Å². The highest BCUT2D eigenvalue weighted by atomic mass is 19.1. The number of aromatic nitrogens is 1. The van der Waals surface area contributed by atoms with Crippen LogP contribution in [0.15, 0.2) is 24.4 Å². The van der Waals surface area contributed by atoms with Gasteiger partial charge in [-0.05, 0) is 63.8 Å². The number of hydrogen-bond acceptors (Lipinski definition) is 5. The number of halogens is 1. The molecule has 1 aromatic carbocycles. The predicted molar refractivity (Wildman–Crippen MR) is 152 cm³/mol. The number of nitrogens with zero attached hydrogens (tertiary/aromatic N) is 4. The van der Waals surface area contributed by atoms with Gasteiger partial charge in [0, 0.05) is 87.4 Å². The van der Waals surface area contributed by atoms with Crippen molar-refractivity contribution in [3.8, 4) is 0 Å². The fourth-order valence-electron chi connectivity index (χ4n) is 6.21. The van der Waals surface area contributed by atoms with E-state index in [1.807, 2.05) is 26.8 Å². The molecule has 1 aromatic heterocycles. The first-order valence-corrected chi connectivity index (χ1v) is 14.6. The Morgan fingerprint density at radius 1 is 1.10 bits per heavy atom. The highest BCUT2D eigenvalue weighted by Crippen LogP contribution is 2.35. The van der Waals surface area contributed by atoms with Gasteiger partial charge >= 0.3 is 12.1 Å². The molecule has 9 nitrogen and oxygen atoms in total. The van der Waals surface area contributed by atoms with Gasteiger partial charge in [-0.1, -0.05) is 6.92 Å². The molecular formula is C30H42FN5O4. The lowest BCUT2D eigenvalue weighted by Crippen LogP contribution is -2.51. The molecule has 2 aromatic rings. The van der Waals surface area contributed by atoms with E-state index in [9.17, 15) is 14.4 Å². The number of alkyl halides is 1. The summed E-state index contributed by atoms with van der Waals surface area (Å²) < 4.78 is 23.6. The fraction of sp³-hybridized carbons (Fsp3) is 0.633. The van der Waals surface area contributed by atoms with Crippen LogP contribution in [0.1, 0.15) is 71.4 Å². The van der Waals surface area contributed by atoms with Crippen molar-refractivity contribution in [2.75, 3.05) is 44.2 Å². The number of hydrogen-bond donors (Lipinski definition) is 1. The molecule has 0 atom stereocenters. The summed E-state index contributed by atoms with van der Waals surface area (Å²) in [7, 11) is 0. The number of amides is 4. The number of nitrogens with one attached hydrogen (secondary N) is 1. The summed E-state index contributed by atoms with van der Waals surface area (Å²) in [6.45, 7) is 10.9. The number of benzene rings is 1. The Bertz CT molecular complexity index is 1270. The van der Waals surface area contributed by atoms with E-state index in [2.05, 4.69) is 40.0 Å². The van der Waals surface area contributed by atoms with Crippen LogP contribution in [0.2, 0.25) is 0 Å². The zero-order valence-corrected chi connectivity index (χ0v) is 24.2. The molecule has 3 aliphatic heterocycles. The maximum atomic E-state index is 15.8. The molecule has 4 heterocycles. The smallest absolute Gasteiger partial charge is 0.410 e. The van der Waals surface area contributed by atoms with Gasteiger partial charge in [0.1, 0.15) is 11.3 Å². The quantitative estimate of drug-likeness (QED) is 0.560.